The molecule has 0 N–H and O–H groups in total. The standard InChI is InChI=1S/C24H30N6O2S2/c1-29-13-9-11-19(17-29)21-23(27-33-25-21)31-15-7-5-3-4-6-8-16-32-24-22(26-34-28-24)20-12-10-14-30(2)18-20/h9-14,17-18H,3-8,15-16H2,1-2H3/q+2. The maximum absolute atomic E-state index is 5.91. The zero-order valence-electron chi connectivity index (χ0n) is 19.6. The molecule has 4 aromatic rings. The van der Waals surface area contributed by atoms with E-state index in [2.05, 4.69) is 17.5 Å². The Hall–Kier alpha value is -2.98. The summed E-state index contributed by atoms with van der Waals surface area (Å²) in [6.07, 6.45) is 14.7. The van der Waals surface area contributed by atoms with Crippen molar-refractivity contribution in [2.24, 2.45) is 14.1 Å². The van der Waals surface area contributed by atoms with Crippen LogP contribution in [0.1, 0.15) is 38.5 Å². The van der Waals surface area contributed by atoms with Crippen LogP contribution in [0.5, 0.6) is 11.8 Å². The minimum absolute atomic E-state index is 0.633. The van der Waals surface area contributed by atoms with Gasteiger partial charge in [-0.2, -0.15) is 8.75 Å². The van der Waals surface area contributed by atoms with Crippen molar-refractivity contribution < 1.29 is 18.6 Å². The lowest BCUT2D eigenvalue weighted by Gasteiger charge is -2.06. The molecule has 0 saturated heterocycles. The van der Waals surface area contributed by atoms with E-state index in [-0.39, 0.29) is 0 Å². The minimum atomic E-state index is 0.633. The maximum Gasteiger partial charge on any atom is 0.254 e. The molecule has 0 bridgehead atoms. The second-order valence-corrected chi connectivity index (χ2v) is 9.23. The zero-order valence-corrected chi connectivity index (χ0v) is 21.2. The highest BCUT2D eigenvalue weighted by Gasteiger charge is 2.15. The van der Waals surface area contributed by atoms with Crippen molar-refractivity contribution in [2.75, 3.05) is 13.2 Å². The Balaban J connectivity index is 1.08. The van der Waals surface area contributed by atoms with Crippen molar-refractivity contribution in [3.63, 3.8) is 0 Å². The highest BCUT2D eigenvalue weighted by Crippen LogP contribution is 2.28. The lowest BCUT2D eigenvalue weighted by Crippen LogP contribution is -2.26. The number of aromatic nitrogens is 6. The normalized spacial score (nSPS) is 11.0. The molecule has 0 aliphatic heterocycles. The van der Waals surface area contributed by atoms with Crippen LogP contribution in [0.4, 0.5) is 0 Å². The Morgan fingerprint density at radius 2 is 1.09 bits per heavy atom. The molecule has 0 unspecified atom stereocenters. The fourth-order valence-corrected chi connectivity index (χ4v) is 4.65. The summed E-state index contributed by atoms with van der Waals surface area (Å²) in [6, 6.07) is 8.06. The molecule has 0 amide bonds. The summed E-state index contributed by atoms with van der Waals surface area (Å²) in [5.41, 5.74) is 3.69. The van der Waals surface area contributed by atoms with Crippen molar-refractivity contribution in [1.82, 2.24) is 17.5 Å². The molecule has 0 spiro atoms. The number of aryl methyl sites for hydroxylation is 2. The van der Waals surface area contributed by atoms with Gasteiger partial charge in [-0.15, -0.1) is 8.75 Å². The van der Waals surface area contributed by atoms with Crippen molar-refractivity contribution in [1.29, 1.82) is 0 Å². The molecule has 8 nitrogen and oxygen atoms in total. The first-order chi connectivity index (χ1) is 16.7. The quantitative estimate of drug-likeness (QED) is 0.203. The number of hydrogen-bond donors (Lipinski definition) is 0. The zero-order chi connectivity index (χ0) is 23.6. The van der Waals surface area contributed by atoms with Crippen LogP contribution >= 0.6 is 23.5 Å². The van der Waals surface area contributed by atoms with E-state index in [1.807, 2.05) is 72.3 Å². The molecule has 0 radical (unpaired) electrons. The molecular weight excluding hydrogens is 468 g/mol. The summed E-state index contributed by atoms with van der Waals surface area (Å²) in [4.78, 5) is 0. The SMILES string of the molecule is C[n+]1cccc(-c2nsnc2OCCCCCCCCOc2nsnc2-c2ccc[n+](C)c2)c1. The molecule has 4 rings (SSSR count). The third-order valence-electron chi connectivity index (χ3n) is 5.36. The summed E-state index contributed by atoms with van der Waals surface area (Å²) < 4.78 is 33.2. The van der Waals surface area contributed by atoms with Gasteiger partial charge in [0.25, 0.3) is 11.8 Å². The van der Waals surface area contributed by atoms with Gasteiger partial charge >= 0.3 is 0 Å². The van der Waals surface area contributed by atoms with Gasteiger partial charge in [-0.05, 0) is 25.0 Å². The van der Waals surface area contributed by atoms with Gasteiger partial charge in [-0.25, -0.2) is 9.13 Å². The topological polar surface area (TPSA) is 77.8 Å². The smallest absolute Gasteiger partial charge is 0.254 e. The Morgan fingerprint density at radius 3 is 1.53 bits per heavy atom. The van der Waals surface area contributed by atoms with E-state index in [1.54, 1.807) is 0 Å². The predicted octanol–water partition coefficient (Wildman–Crippen LogP) is 4.17. The predicted molar refractivity (Wildman–Crippen MR) is 132 cm³/mol. The van der Waals surface area contributed by atoms with Crippen LogP contribution in [0.3, 0.4) is 0 Å². The summed E-state index contributed by atoms with van der Waals surface area (Å²) in [5, 5.41) is 0. The molecular formula is C24H30N6O2S2+2. The lowest BCUT2D eigenvalue weighted by atomic mass is 10.1. The molecule has 0 aliphatic rings. The van der Waals surface area contributed by atoms with E-state index in [9.17, 15) is 0 Å². The largest absolute Gasteiger partial charge is 0.475 e. The molecule has 178 valence electrons. The van der Waals surface area contributed by atoms with Gasteiger partial charge < -0.3 is 9.47 Å². The molecule has 0 aromatic carbocycles. The van der Waals surface area contributed by atoms with Gasteiger partial charge in [0.1, 0.15) is 14.1 Å². The van der Waals surface area contributed by atoms with Crippen LogP contribution in [0, 0.1) is 0 Å². The Morgan fingerprint density at radius 1 is 0.647 bits per heavy atom. The van der Waals surface area contributed by atoms with Gasteiger partial charge in [0.05, 0.1) is 47.8 Å². The Bertz CT molecular complexity index is 1090. The number of ether oxygens (including phenoxy) is 2. The van der Waals surface area contributed by atoms with E-state index in [4.69, 9.17) is 9.47 Å². The van der Waals surface area contributed by atoms with Gasteiger partial charge in [-0.1, -0.05) is 25.7 Å². The monoisotopic (exact) mass is 498 g/mol. The van der Waals surface area contributed by atoms with Gasteiger partial charge in [0, 0.05) is 12.1 Å². The fraction of sp³-hybridized carbons (Fsp3) is 0.417. The fourth-order valence-electron chi connectivity index (χ4n) is 3.61. The summed E-state index contributed by atoms with van der Waals surface area (Å²) in [6.45, 7) is 1.33. The van der Waals surface area contributed by atoms with Gasteiger partial charge in [0.15, 0.2) is 36.2 Å². The van der Waals surface area contributed by atoms with Crippen LogP contribution in [0.2, 0.25) is 0 Å². The molecule has 0 fully saturated rings. The number of pyridine rings is 2. The number of rotatable bonds is 13. The van der Waals surface area contributed by atoms with Crippen molar-refractivity contribution in [3.05, 3.63) is 49.1 Å². The third-order valence-corrected chi connectivity index (χ3v) is 6.38. The highest BCUT2D eigenvalue weighted by atomic mass is 32.1. The number of hydrogen-bond acceptors (Lipinski definition) is 8. The van der Waals surface area contributed by atoms with Crippen molar-refractivity contribution >= 4 is 23.5 Å². The van der Waals surface area contributed by atoms with Crippen LogP contribution in [-0.2, 0) is 14.1 Å². The number of nitrogens with zero attached hydrogens (tertiary/aromatic N) is 6. The van der Waals surface area contributed by atoms with Crippen LogP contribution in [-0.4, -0.2) is 30.7 Å². The van der Waals surface area contributed by atoms with E-state index in [1.165, 1.54) is 36.3 Å². The molecule has 0 aliphatic carbocycles. The molecule has 4 heterocycles. The first-order valence-corrected chi connectivity index (χ1v) is 13.0. The van der Waals surface area contributed by atoms with E-state index < -0.39 is 0 Å². The van der Waals surface area contributed by atoms with Crippen molar-refractivity contribution in [3.8, 4) is 34.3 Å². The van der Waals surface area contributed by atoms with E-state index in [0.29, 0.717) is 25.0 Å². The summed E-state index contributed by atoms with van der Waals surface area (Å²) in [7, 11) is 3.99. The van der Waals surface area contributed by atoms with E-state index in [0.717, 1.165) is 48.2 Å². The second kappa shape index (κ2) is 12.5. The van der Waals surface area contributed by atoms with E-state index >= 15 is 0 Å². The molecule has 0 saturated carbocycles. The van der Waals surface area contributed by atoms with Crippen LogP contribution in [0.15, 0.2) is 49.1 Å². The Labute approximate surface area is 208 Å². The third kappa shape index (κ3) is 6.77. The first-order valence-electron chi connectivity index (χ1n) is 11.5. The second-order valence-electron chi connectivity index (χ2n) is 8.17. The average Bonchev–Trinajstić information content (AvgIpc) is 3.50. The molecule has 34 heavy (non-hydrogen) atoms. The highest BCUT2D eigenvalue weighted by molar-refractivity contribution is 6.99. The van der Waals surface area contributed by atoms with Crippen LogP contribution < -0.4 is 18.6 Å². The molecule has 10 heteroatoms. The lowest BCUT2D eigenvalue weighted by molar-refractivity contribution is -0.671. The average molecular weight is 499 g/mol. The van der Waals surface area contributed by atoms with Gasteiger partial charge in [-0.3, -0.25) is 0 Å². The minimum Gasteiger partial charge on any atom is -0.475 e. The molecule has 0 atom stereocenters. The number of unbranched alkanes of at least 4 members (excludes halogenated alkanes) is 5. The Kier molecular flexibility index (Phi) is 8.86. The summed E-state index contributed by atoms with van der Waals surface area (Å²) >= 11 is 2.38. The van der Waals surface area contributed by atoms with Crippen LogP contribution in [0.25, 0.3) is 22.5 Å². The first kappa shape index (κ1) is 24.2. The molecule has 4 aromatic heterocycles. The maximum atomic E-state index is 5.91. The van der Waals surface area contributed by atoms with Crippen molar-refractivity contribution in [2.45, 2.75) is 38.5 Å². The van der Waals surface area contributed by atoms with Gasteiger partial charge in [0.2, 0.25) is 0 Å². The summed E-state index contributed by atoms with van der Waals surface area (Å²) in [5.74, 6) is 1.27.